The SMILES string of the molecule is COC(=O)NC[C@H](C(=O)N1CCN(CC(F)(F)F)C[C@H]1C(=O)NCC(=O)c1ccc(Br)cc1)C(C)C. The predicted molar refractivity (Wildman–Crippen MR) is 128 cm³/mol. The second-order valence-electron chi connectivity index (χ2n) is 8.77. The minimum absolute atomic E-state index is 0.0671. The van der Waals surface area contributed by atoms with Gasteiger partial charge in [0.2, 0.25) is 11.8 Å². The van der Waals surface area contributed by atoms with Crippen LogP contribution >= 0.6 is 15.9 Å². The molecule has 1 fully saturated rings. The standard InChI is InChI=1S/C23H30BrF3N4O5/c1-14(2)17(10-29-22(35)36-3)21(34)31-9-8-30(13-23(25,26)27)12-18(31)20(33)28-11-19(32)15-4-6-16(24)7-5-15/h4-7,14,17-18H,8-13H2,1-3H3,(H,28,33)(H,29,35)/t17-,18-/m0/s1. The van der Waals surface area contributed by atoms with Gasteiger partial charge in [-0.05, 0) is 18.1 Å². The molecule has 2 N–H and O–H groups in total. The van der Waals surface area contributed by atoms with E-state index in [1.54, 1.807) is 38.1 Å². The first kappa shape index (κ1) is 29.6. The number of carbonyl (C=O) groups excluding carboxylic acids is 4. The van der Waals surface area contributed by atoms with Crippen LogP contribution in [0, 0.1) is 11.8 Å². The summed E-state index contributed by atoms with van der Waals surface area (Å²) in [7, 11) is 1.18. The third-order valence-electron chi connectivity index (χ3n) is 5.82. The molecule has 1 aliphatic rings. The van der Waals surface area contributed by atoms with Gasteiger partial charge in [-0.1, -0.05) is 41.9 Å². The van der Waals surface area contributed by atoms with Crippen molar-refractivity contribution in [3.63, 3.8) is 0 Å². The molecule has 0 aliphatic carbocycles. The summed E-state index contributed by atoms with van der Waals surface area (Å²) in [5.41, 5.74) is 0.350. The average Bonchev–Trinajstić information content (AvgIpc) is 2.81. The number of ether oxygens (including phenoxy) is 1. The third-order valence-corrected chi connectivity index (χ3v) is 6.34. The number of benzene rings is 1. The van der Waals surface area contributed by atoms with Gasteiger partial charge in [-0.25, -0.2) is 4.79 Å². The van der Waals surface area contributed by atoms with Crippen LogP contribution in [0.15, 0.2) is 28.7 Å². The molecule has 36 heavy (non-hydrogen) atoms. The maximum Gasteiger partial charge on any atom is 0.406 e. The Balaban J connectivity index is 2.18. The predicted octanol–water partition coefficient (Wildman–Crippen LogP) is 2.45. The maximum absolute atomic E-state index is 13.4. The highest BCUT2D eigenvalue weighted by Gasteiger charge is 2.41. The number of nitrogens with one attached hydrogen (secondary N) is 2. The fraction of sp³-hybridized carbons (Fsp3) is 0.565. The molecule has 200 valence electrons. The van der Waals surface area contributed by atoms with Crippen LogP contribution in [0.3, 0.4) is 0 Å². The van der Waals surface area contributed by atoms with Gasteiger partial charge in [0.15, 0.2) is 5.78 Å². The van der Waals surface area contributed by atoms with Crippen molar-refractivity contribution in [2.24, 2.45) is 11.8 Å². The fourth-order valence-electron chi connectivity index (χ4n) is 3.83. The van der Waals surface area contributed by atoms with E-state index in [1.165, 1.54) is 12.0 Å². The van der Waals surface area contributed by atoms with Gasteiger partial charge < -0.3 is 20.3 Å². The minimum atomic E-state index is -4.48. The fourth-order valence-corrected chi connectivity index (χ4v) is 4.10. The van der Waals surface area contributed by atoms with Crippen molar-refractivity contribution in [3.8, 4) is 0 Å². The Morgan fingerprint density at radius 2 is 1.75 bits per heavy atom. The van der Waals surface area contributed by atoms with Gasteiger partial charge in [-0.3, -0.25) is 19.3 Å². The molecular formula is C23H30BrF3N4O5. The molecule has 1 aliphatic heterocycles. The first-order valence-electron chi connectivity index (χ1n) is 11.3. The smallest absolute Gasteiger partial charge is 0.406 e. The van der Waals surface area contributed by atoms with Crippen molar-refractivity contribution in [1.82, 2.24) is 20.4 Å². The molecule has 1 aromatic rings. The number of piperazine rings is 1. The third kappa shape index (κ3) is 8.77. The number of halogens is 4. The number of hydrogen-bond acceptors (Lipinski definition) is 6. The zero-order chi connectivity index (χ0) is 27.0. The quantitative estimate of drug-likeness (QED) is 0.436. The second kappa shape index (κ2) is 13.0. The number of carbonyl (C=O) groups is 4. The van der Waals surface area contributed by atoms with E-state index in [-0.39, 0.29) is 44.4 Å². The molecule has 0 radical (unpaired) electrons. The largest absolute Gasteiger partial charge is 0.453 e. The Morgan fingerprint density at radius 3 is 2.31 bits per heavy atom. The van der Waals surface area contributed by atoms with Crippen LogP contribution < -0.4 is 10.6 Å². The highest BCUT2D eigenvalue weighted by atomic mass is 79.9. The van der Waals surface area contributed by atoms with Gasteiger partial charge in [0, 0.05) is 36.2 Å². The molecule has 0 spiro atoms. The molecule has 0 bridgehead atoms. The zero-order valence-corrected chi connectivity index (χ0v) is 21.8. The first-order chi connectivity index (χ1) is 16.8. The molecule has 3 amide bonds. The summed E-state index contributed by atoms with van der Waals surface area (Å²) < 4.78 is 44.3. The molecule has 2 rings (SSSR count). The van der Waals surface area contributed by atoms with Gasteiger partial charge in [0.25, 0.3) is 0 Å². The number of nitrogens with zero attached hydrogens (tertiary/aromatic N) is 2. The van der Waals surface area contributed by atoms with Crippen LogP contribution in [0.25, 0.3) is 0 Å². The van der Waals surface area contributed by atoms with Crippen molar-refractivity contribution >= 4 is 39.6 Å². The number of alkyl halides is 3. The Morgan fingerprint density at radius 1 is 1.11 bits per heavy atom. The Hall–Kier alpha value is -2.67. The topological polar surface area (TPSA) is 108 Å². The van der Waals surface area contributed by atoms with Crippen LogP contribution in [0.5, 0.6) is 0 Å². The highest BCUT2D eigenvalue weighted by Crippen LogP contribution is 2.22. The van der Waals surface area contributed by atoms with E-state index in [9.17, 15) is 32.3 Å². The van der Waals surface area contributed by atoms with Crippen molar-refractivity contribution in [2.75, 3.05) is 46.4 Å². The van der Waals surface area contributed by atoms with E-state index in [1.807, 2.05) is 0 Å². The van der Waals surface area contributed by atoms with Gasteiger partial charge in [0.05, 0.1) is 26.1 Å². The number of ketones is 1. The van der Waals surface area contributed by atoms with Crippen molar-refractivity contribution < 1.29 is 37.1 Å². The number of rotatable bonds is 9. The van der Waals surface area contributed by atoms with Crippen LogP contribution in [0.4, 0.5) is 18.0 Å². The molecule has 1 heterocycles. The number of Topliss-reactive ketones (excluding diaryl/α,β-unsaturated/α-hetero) is 1. The Kier molecular flexibility index (Phi) is 10.7. The number of methoxy groups -OCH3 is 1. The molecule has 0 aromatic heterocycles. The van der Waals surface area contributed by atoms with E-state index in [4.69, 9.17) is 0 Å². The normalized spacial score (nSPS) is 17.4. The molecule has 1 saturated heterocycles. The summed E-state index contributed by atoms with van der Waals surface area (Å²) >= 11 is 3.27. The van der Waals surface area contributed by atoms with E-state index < -0.39 is 42.6 Å². The monoisotopic (exact) mass is 578 g/mol. The lowest BCUT2D eigenvalue weighted by Crippen LogP contribution is -2.63. The lowest BCUT2D eigenvalue weighted by molar-refractivity contribution is -0.161. The Bertz CT molecular complexity index is 943. The van der Waals surface area contributed by atoms with Crippen molar-refractivity contribution in [3.05, 3.63) is 34.3 Å². The summed E-state index contributed by atoms with van der Waals surface area (Å²) in [6, 6.07) is 5.23. The summed E-state index contributed by atoms with van der Waals surface area (Å²) in [5.74, 6) is -2.58. The lowest BCUT2D eigenvalue weighted by atomic mass is 9.93. The van der Waals surface area contributed by atoms with Gasteiger partial charge >= 0.3 is 12.3 Å². The van der Waals surface area contributed by atoms with Crippen molar-refractivity contribution in [1.29, 1.82) is 0 Å². The van der Waals surface area contributed by atoms with Gasteiger partial charge in [-0.15, -0.1) is 0 Å². The van der Waals surface area contributed by atoms with Crippen LogP contribution in [0.2, 0.25) is 0 Å². The lowest BCUT2D eigenvalue weighted by Gasteiger charge is -2.42. The second-order valence-corrected chi connectivity index (χ2v) is 9.68. The molecule has 2 atom stereocenters. The van der Waals surface area contributed by atoms with Crippen LogP contribution in [0.1, 0.15) is 24.2 Å². The molecule has 0 saturated carbocycles. The van der Waals surface area contributed by atoms with E-state index in [0.717, 1.165) is 9.37 Å². The molecule has 13 heteroatoms. The summed E-state index contributed by atoms with van der Waals surface area (Å²) in [5, 5.41) is 4.93. The average molecular weight is 579 g/mol. The summed E-state index contributed by atoms with van der Waals surface area (Å²) in [4.78, 5) is 52.7. The summed E-state index contributed by atoms with van der Waals surface area (Å²) in [6.07, 6.45) is -5.21. The molecular weight excluding hydrogens is 549 g/mol. The van der Waals surface area contributed by atoms with E-state index >= 15 is 0 Å². The van der Waals surface area contributed by atoms with Crippen LogP contribution in [-0.2, 0) is 14.3 Å². The number of alkyl carbamates (subject to hydrolysis) is 1. The number of amides is 3. The maximum atomic E-state index is 13.4. The van der Waals surface area contributed by atoms with E-state index in [0.29, 0.717) is 5.56 Å². The van der Waals surface area contributed by atoms with Crippen LogP contribution in [-0.4, -0.2) is 92.1 Å². The van der Waals surface area contributed by atoms with Crippen molar-refractivity contribution in [2.45, 2.75) is 26.1 Å². The highest BCUT2D eigenvalue weighted by molar-refractivity contribution is 9.10. The molecule has 0 unspecified atom stereocenters. The van der Waals surface area contributed by atoms with E-state index in [2.05, 4.69) is 31.3 Å². The molecule has 1 aromatic carbocycles. The molecule has 9 nitrogen and oxygen atoms in total. The summed E-state index contributed by atoms with van der Waals surface area (Å²) in [6.45, 7) is 1.29. The zero-order valence-electron chi connectivity index (χ0n) is 20.2. The first-order valence-corrected chi connectivity index (χ1v) is 12.1. The minimum Gasteiger partial charge on any atom is -0.453 e. The number of hydrogen-bond donors (Lipinski definition) is 2. The Labute approximate surface area is 215 Å². The van der Waals surface area contributed by atoms with Gasteiger partial charge in [-0.2, -0.15) is 13.2 Å². The van der Waals surface area contributed by atoms with Gasteiger partial charge in [0.1, 0.15) is 6.04 Å².